The summed E-state index contributed by atoms with van der Waals surface area (Å²) in [7, 11) is 0. The number of Topliss-reactive ketones (excluding diaryl/α,β-unsaturated/α-hetero) is 1. The van der Waals surface area contributed by atoms with Gasteiger partial charge in [-0.05, 0) is 60.7 Å². The first-order chi connectivity index (χ1) is 13.0. The van der Waals surface area contributed by atoms with Gasteiger partial charge in [0.25, 0.3) is 0 Å². The molecule has 1 amide bonds. The average molecular weight is 362 g/mol. The zero-order valence-electron chi connectivity index (χ0n) is 14.7. The smallest absolute Gasteiger partial charge is 0.338 e. The molecular weight excluding hydrogens is 344 g/mol. The third-order valence-electron chi connectivity index (χ3n) is 3.87. The third kappa shape index (κ3) is 4.70. The fraction of sp³-hybridized carbons (Fsp3) is 0.0952. The van der Waals surface area contributed by atoms with Crippen molar-refractivity contribution in [2.45, 2.75) is 6.92 Å². The Morgan fingerprint density at radius 3 is 2.07 bits per heavy atom. The van der Waals surface area contributed by atoms with Crippen molar-refractivity contribution in [2.24, 2.45) is 0 Å². The quantitative estimate of drug-likeness (QED) is 0.538. The van der Waals surface area contributed by atoms with Gasteiger partial charge in [0.15, 0.2) is 12.4 Å². The van der Waals surface area contributed by atoms with Crippen LogP contribution in [-0.4, -0.2) is 28.8 Å². The highest BCUT2D eigenvalue weighted by Gasteiger charge is 2.12. The molecule has 2 aromatic carbocycles. The monoisotopic (exact) mass is 362 g/mol. The van der Waals surface area contributed by atoms with Gasteiger partial charge in [-0.1, -0.05) is 0 Å². The summed E-state index contributed by atoms with van der Waals surface area (Å²) in [6.45, 7) is 1.06. The Morgan fingerprint density at radius 1 is 0.889 bits per heavy atom. The van der Waals surface area contributed by atoms with E-state index < -0.39 is 5.97 Å². The fourth-order valence-electron chi connectivity index (χ4n) is 2.52. The number of anilines is 1. The number of nitrogens with zero attached hydrogens (tertiary/aromatic N) is 1. The zero-order chi connectivity index (χ0) is 19.2. The van der Waals surface area contributed by atoms with Crippen molar-refractivity contribution >= 4 is 23.3 Å². The number of carbonyl (C=O) groups is 3. The fourth-order valence-corrected chi connectivity index (χ4v) is 2.52. The maximum atomic E-state index is 12.2. The van der Waals surface area contributed by atoms with Gasteiger partial charge in [0.2, 0.25) is 5.91 Å². The highest BCUT2D eigenvalue weighted by molar-refractivity contribution is 6.00. The van der Waals surface area contributed by atoms with E-state index in [1.807, 2.05) is 29.1 Å². The molecule has 1 heterocycles. The van der Waals surface area contributed by atoms with Gasteiger partial charge < -0.3 is 14.6 Å². The Morgan fingerprint density at radius 2 is 1.48 bits per heavy atom. The second kappa shape index (κ2) is 8.14. The molecule has 1 aromatic heterocycles. The number of hydrogen-bond acceptors (Lipinski definition) is 4. The van der Waals surface area contributed by atoms with Crippen molar-refractivity contribution in [3.8, 4) is 5.69 Å². The SMILES string of the molecule is CC(=O)Nc1ccc(C(=O)COC(=O)c2ccc(-n3cccc3)cc2)cc1. The normalized spacial score (nSPS) is 10.3. The molecule has 0 aliphatic heterocycles. The van der Waals surface area contributed by atoms with Crippen molar-refractivity contribution in [3.63, 3.8) is 0 Å². The summed E-state index contributed by atoms with van der Waals surface area (Å²) >= 11 is 0. The average Bonchev–Trinajstić information content (AvgIpc) is 3.21. The minimum Gasteiger partial charge on any atom is -0.454 e. The molecule has 3 rings (SSSR count). The van der Waals surface area contributed by atoms with Crippen LogP contribution < -0.4 is 5.32 Å². The molecule has 1 N–H and O–H groups in total. The lowest BCUT2D eigenvalue weighted by atomic mass is 10.1. The molecule has 136 valence electrons. The Bertz CT molecular complexity index is 943. The first-order valence-corrected chi connectivity index (χ1v) is 8.34. The molecule has 0 saturated carbocycles. The third-order valence-corrected chi connectivity index (χ3v) is 3.87. The predicted molar refractivity (Wildman–Crippen MR) is 101 cm³/mol. The van der Waals surface area contributed by atoms with Gasteiger partial charge in [-0.25, -0.2) is 4.79 Å². The molecule has 27 heavy (non-hydrogen) atoms. The predicted octanol–water partition coefficient (Wildman–Crippen LogP) is 3.48. The Labute approximate surface area is 156 Å². The molecule has 3 aromatic rings. The summed E-state index contributed by atoms with van der Waals surface area (Å²) in [4.78, 5) is 35.3. The summed E-state index contributed by atoms with van der Waals surface area (Å²) in [5, 5.41) is 2.62. The number of hydrogen-bond donors (Lipinski definition) is 1. The van der Waals surface area contributed by atoms with Gasteiger partial charge >= 0.3 is 5.97 Å². The second-order valence-electron chi connectivity index (χ2n) is 5.90. The van der Waals surface area contributed by atoms with E-state index in [4.69, 9.17) is 4.74 Å². The number of aromatic nitrogens is 1. The van der Waals surface area contributed by atoms with E-state index in [1.54, 1.807) is 48.5 Å². The lowest BCUT2D eigenvalue weighted by molar-refractivity contribution is -0.114. The van der Waals surface area contributed by atoms with Crippen LogP contribution in [0.25, 0.3) is 5.69 Å². The van der Waals surface area contributed by atoms with E-state index in [0.29, 0.717) is 16.8 Å². The second-order valence-corrected chi connectivity index (χ2v) is 5.90. The van der Waals surface area contributed by atoms with Gasteiger partial charge in [0.05, 0.1) is 5.56 Å². The number of amides is 1. The standard InChI is InChI=1S/C21H18N2O4/c1-15(24)22-18-8-4-16(5-9-18)20(25)14-27-21(26)17-6-10-19(11-7-17)23-12-2-3-13-23/h2-13H,14H2,1H3,(H,22,24). The molecule has 0 aliphatic carbocycles. The van der Waals surface area contributed by atoms with E-state index in [2.05, 4.69) is 5.32 Å². The summed E-state index contributed by atoms with van der Waals surface area (Å²) in [5.74, 6) is -1.07. The lowest BCUT2D eigenvalue weighted by Crippen LogP contribution is -2.14. The molecule has 0 fully saturated rings. The van der Waals surface area contributed by atoms with E-state index in [0.717, 1.165) is 5.69 Å². The number of ketones is 1. The lowest BCUT2D eigenvalue weighted by Gasteiger charge is -2.07. The van der Waals surface area contributed by atoms with Gasteiger partial charge in [0.1, 0.15) is 0 Å². The van der Waals surface area contributed by atoms with Crippen molar-refractivity contribution in [1.82, 2.24) is 4.57 Å². The molecule has 0 bridgehead atoms. The van der Waals surface area contributed by atoms with Crippen molar-refractivity contribution < 1.29 is 19.1 Å². The molecular formula is C21H18N2O4. The summed E-state index contributed by atoms with van der Waals surface area (Å²) in [6.07, 6.45) is 3.81. The molecule has 0 spiro atoms. The Balaban J connectivity index is 1.56. The van der Waals surface area contributed by atoms with E-state index in [1.165, 1.54) is 6.92 Å². The number of benzene rings is 2. The maximum Gasteiger partial charge on any atom is 0.338 e. The Kier molecular flexibility index (Phi) is 5.47. The van der Waals surface area contributed by atoms with Crippen LogP contribution in [0.4, 0.5) is 5.69 Å². The van der Waals surface area contributed by atoms with Crippen molar-refractivity contribution in [2.75, 3.05) is 11.9 Å². The van der Waals surface area contributed by atoms with Crippen LogP contribution in [0.15, 0.2) is 73.1 Å². The first kappa shape index (κ1) is 18.1. The van der Waals surface area contributed by atoms with E-state index >= 15 is 0 Å². The molecule has 0 aliphatic rings. The maximum absolute atomic E-state index is 12.2. The number of carbonyl (C=O) groups excluding carboxylic acids is 3. The summed E-state index contributed by atoms with van der Waals surface area (Å²) in [5.41, 5.74) is 2.30. The molecule has 0 atom stereocenters. The van der Waals surface area contributed by atoms with Crippen LogP contribution in [-0.2, 0) is 9.53 Å². The highest BCUT2D eigenvalue weighted by Crippen LogP contribution is 2.13. The zero-order valence-corrected chi connectivity index (χ0v) is 14.7. The summed E-state index contributed by atoms with van der Waals surface area (Å²) in [6, 6.07) is 17.1. The molecule has 0 saturated heterocycles. The minimum absolute atomic E-state index is 0.189. The largest absolute Gasteiger partial charge is 0.454 e. The van der Waals surface area contributed by atoms with Crippen LogP contribution in [0, 0.1) is 0 Å². The topological polar surface area (TPSA) is 77.4 Å². The molecule has 6 heteroatoms. The number of esters is 1. The van der Waals surface area contributed by atoms with Crippen LogP contribution in [0.1, 0.15) is 27.6 Å². The van der Waals surface area contributed by atoms with Crippen LogP contribution in [0.5, 0.6) is 0 Å². The van der Waals surface area contributed by atoms with Crippen LogP contribution >= 0.6 is 0 Å². The van der Waals surface area contributed by atoms with Crippen molar-refractivity contribution in [1.29, 1.82) is 0 Å². The van der Waals surface area contributed by atoms with Crippen LogP contribution in [0.2, 0.25) is 0 Å². The van der Waals surface area contributed by atoms with E-state index in [9.17, 15) is 14.4 Å². The number of ether oxygens (including phenoxy) is 1. The molecule has 6 nitrogen and oxygen atoms in total. The van der Waals surface area contributed by atoms with Gasteiger partial charge in [-0.3, -0.25) is 9.59 Å². The number of nitrogens with one attached hydrogen (secondary N) is 1. The van der Waals surface area contributed by atoms with Crippen LogP contribution in [0.3, 0.4) is 0 Å². The first-order valence-electron chi connectivity index (χ1n) is 8.34. The Hall–Kier alpha value is -3.67. The van der Waals surface area contributed by atoms with Gasteiger partial charge in [0, 0.05) is 36.3 Å². The summed E-state index contributed by atoms with van der Waals surface area (Å²) < 4.78 is 7.02. The van der Waals surface area contributed by atoms with Crippen molar-refractivity contribution in [3.05, 3.63) is 84.2 Å². The minimum atomic E-state index is -0.558. The molecule has 0 radical (unpaired) electrons. The van der Waals surface area contributed by atoms with Gasteiger partial charge in [-0.2, -0.15) is 0 Å². The van der Waals surface area contributed by atoms with Gasteiger partial charge in [-0.15, -0.1) is 0 Å². The molecule has 0 unspecified atom stereocenters. The number of rotatable bonds is 6. The highest BCUT2D eigenvalue weighted by atomic mass is 16.5. The van der Waals surface area contributed by atoms with E-state index in [-0.39, 0.29) is 18.3 Å².